The van der Waals surface area contributed by atoms with Crippen LogP contribution in [-0.2, 0) is 6.54 Å². The van der Waals surface area contributed by atoms with Crippen LogP contribution >= 0.6 is 0 Å². The molecule has 1 heterocycles. The molecule has 1 aromatic heterocycles. The van der Waals surface area contributed by atoms with Crippen LogP contribution in [-0.4, -0.2) is 27.1 Å². The van der Waals surface area contributed by atoms with Crippen LogP contribution in [0.4, 0.5) is 5.69 Å². The Bertz CT molecular complexity index is 1170. The Hall–Kier alpha value is -3.48. The number of anilines is 1. The number of carbonyl (C=O) groups excluding carboxylic acids is 2. The lowest BCUT2D eigenvalue weighted by Gasteiger charge is -2.20. The first-order valence-electron chi connectivity index (χ1n) is 10.9. The van der Waals surface area contributed by atoms with E-state index in [1.165, 1.54) is 4.68 Å². The van der Waals surface area contributed by atoms with Crippen LogP contribution in [0.15, 0.2) is 53.3 Å². The minimum atomic E-state index is -0.405. The maximum atomic E-state index is 13.1. The normalized spacial score (nSPS) is 11.4. The summed E-state index contributed by atoms with van der Waals surface area (Å²) >= 11 is 0. The third-order valence-electron chi connectivity index (χ3n) is 4.95. The maximum absolute atomic E-state index is 13.1. The number of aromatic nitrogens is 2. The topological polar surface area (TPSA) is 93.1 Å². The van der Waals surface area contributed by atoms with Crippen LogP contribution in [0.3, 0.4) is 0 Å². The van der Waals surface area contributed by atoms with Gasteiger partial charge in [-0.2, -0.15) is 5.10 Å². The molecule has 0 saturated heterocycles. The van der Waals surface area contributed by atoms with E-state index < -0.39 is 5.91 Å². The van der Waals surface area contributed by atoms with Gasteiger partial charge in [-0.05, 0) is 57.5 Å². The lowest BCUT2D eigenvalue weighted by atomic mass is 10.1. The summed E-state index contributed by atoms with van der Waals surface area (Å²) in [7, 11) is 0. The Balaban J connectivity index is 1.86. The Labute approximate surface area is 187 Å². The predicted molar refractivity (Wildman–Crippen MR) is 127 cm³/mol. The molecule has 32 heavy (non-hydrogen) atoms. The van der Waals surface area contributed by atoms with Gasteiger partial charge in [0.2, 0.25) is 0 Å². The molecule has 168 valence electrons. The molecule has 0 bridgehead atoms. The van der Waals surface area contributed by atoms with Crippen molar-refractivity contribution in [3.8, 4) is 0 Å². The van der Waals surface area contributed by atoms with Gasteiger partial charge in [-0.3, -0.25) is 14.4 Å². The molecule has 0 spiro atoms. The maximum Gasteiger partial charge on any atom is 0.276 e. The Morgan fingerprint density at radius 1 is 0.938 bits per heavy atom. The average molecular weight is 435 g/mol. The van der Waals surface area contributed by atoms with E-state index in [2.05, 4.69) is 22.7 Å². The first-order valence-corrected chi connectivity index (χ1v) is 10.9. The van der Waals surface area contributed by atoms with E-state index >= 15 is 0 Å². The minimum absolute atomic E-state index is 0.179. The molecular weight excluding hydrogens is 404 g/mol. The van der Waals surface area contributed by atoms with Crippen molar-refractivity contribution >= 4 is 28.3 Å². The summed E-state index contributed by atoms with van der Waals surface area (Å²) < 4.78 is 1.38. The van der Waals surface area contributed by atoms with Gasteiger partial charge in [-0.15, -0.1) is 0 Å². The zero-order valence-corrected chi connectivity index (χ0v) is 19.1. The summed E-state index contributed by atoms with van der Waals surface area (Å²) in [6.45, 7) is 8.30. The second-order valence-electron chi connectivity index (χ2n) is 8.87. The van der Waals surface area contributed by atoms with Crippen molar-refractivity contribution in [2.45, 2.75) is 59.0 Å². The van der Waals surface area contributed by atoms with E-state index in [9.17, 15) is 14.4 Å². The Morgan fingerprint density at radius 2 is 1.59 bits per heavy atom. The first-order chi connectivity index (χ1) is 15.2. The molecule has 2 N–H and O–H groups in total. The van der Waals surface area contributed by atoms with Crippen LogP contribution in [0.1, 0.15) is 67.8 Å². The fourth-order valence-electron chi connectivity index (χ4n) is 3.37. The molecule has 0 radical (unpaired) electrons. The molecule has 3 aromatic rings. The molecule has 0 aliphatic carbocycles. The van der Waals surface area contributed by atoms with Crippen molar-refractivity contribution in [3.05, 3.63) is 70.1 Å². The SMILES string of the molecule is CCCCCn1nc(C(=O)Nc2ccc(C(=O)NC(C)(C)C)cc2)c2ccccc2c1=O. The van der Waals surface area contributed by atoms with E-state index in [0.717, 1.165) is 19.3 Å². The molecule has 0 aliphatic heterocycles. The highest BCUT2D eigenvalue weighted by molar-refractivity contribution is 6.11. The molecule has 7 nitrogen and oxygen atoms in total. The van der Waals surface area contributed by atoms with E-state index in [1.54, 1.807) is 48.5 Å². The molecule has 2 aromatic carbocycles. The molecule has 0 fully saturated rings. The molecular formula is C25H30N4O3. The van der Waals surface area contributed by atoms with Gasteiger partial charge in [0.1, 0.15) is 0 Å². The van der Waals surface area contributed by atoms with Crippen molar-refractivity contribution in [2.75, 3.05) is 5.32 Å². The highest BCUT2D eigenvalue weighted by Gasteiger charge is 2.18. The number of hydrogen-bond acceptors (Lipinski definition) is 4. The van der Waals surface area contributed by atoms with Crippen LogP contribution in [0.25, 0.3) is 10.8 Å². The van der Waals surface area contributed by atoms with Crippen molar-refractivity contribution in [1.82, 2.24) is 15.1 Å². The van der Waals surface area contributed by atoms with Gasteiger partial charge < -0.3 is 10.6 Å². The van der Waals surface area contributed by atoms with Gasteiger partial charge >= 0.3 is 0 Å². The van der Waals surface area contributed by atoms with Crippen molar-refractivity contribution < 1.29 is 9.59 Å². The number of carbonyl (C=O) groups is 2. The summed E-state index contributed by atoms with van der Waals surface area (Å²) in [6.07, 6.45) is 2.83. The summed E-state index contributed by atoms with van der Waals surface area (Å²) in [5.74, 6) is -0.584. The standard InChI is InChI=1S/C25H30N4O3/c1-5-6-9-16-29-24(32)20-11-8-7-10-19(20)21(28-29)23(31)26-18-14-12-17(13-15-18)22(30)27-25(2,3)4/h7-8,10-15H,5-6,9,16H2,1-4H3,(H,26,31)(H,27,30). The largest absolute Gasteiger partial charge is 0.347 e. The molecule has 0 unspecified atom stereocenters. The smallest absolute Gasteiger partial charge is 0.276 e. The van der Waals surface area contributed by atoms with Crippen LogP contribution in [0, 0.1) is 0 Å². The molecule has 2 amide bonds. The van der Waals surface area contributed by atoms with Gasteiger partial charge in [0, 0.05) is 28.7 Å². The summed E-state index contributed by atoms with van der Waals surface area (Å²) in [5, 5.41) is 11.1. The number of hydrogen-bond donors (Lipinski definition) is 2. The fourth-order valence-corrected chi connectivity index (χ4v) is 3.37. The van der Waals surface area contributed by atoms with E-state index in [1.807, 2.05) is 20.8 Å². The van der Waals surface area contributed by atoms with Crippen molar-refractivity contribution in [3.63, 3.8) is 0 Å². The average Bonchev–Trinajstić information content (AvgIpc) is 2.75. The van der Waals surface area contributed by atoms with Crippen molar-refractivity contribution in [1.29, 1.82) is 0 Å². The second kappa shape index (κ2) is 9.77. The Morgan fingerprint density at radius 3 is 2.22 bits per heavy atom. The number of amides is 2. The number of nitrogens with zero attached hydrogens (tertiary/aromatic N) is 2. The number of fused-ring (bicyclic) bond motifs is 1. The summed E-state index contributed by atoms with van der Waals surface area (Å²) in [5.41, 5.74) is 0.716. The fraction of sp³-hybridized carbons (Fsp3) is 0.360. The number of rotatable bonds is 7. The number of unbranched alkanes of at least 4 members (excludes halogenated alkanes) is 2. The highest BCUT2D eigenvalue weighted by Crippen LogP contribution is 2.17. The number of nitrogens with one attached hydrogen (secondary N) is 2. The summed E-state index contributed by atoms with van der Waals surface area (Å²) in [4.78, 5) is 38.1. The second-order valence-corrected chi connectivity index (χ2v) is 8.87. The molecule has 0 aliphatic rings. The van der Waals surface area contributed by atoms with Gasteiger partial charge in [0.05, 0.1) is 5.39 Å². The summed E-state index contributed by atoms with van der Waals surface area (Å²) in [6, 6.07) is 13.7. The lowest BCUT2D eigenvalue weighted by molar-refractivity contribution is 0.0919. The third kappa shape index (κ3) is 5.60. The van der Waals surface area contributed by atoms with Crippen LogP contribution in [0.2, 0.25) is 0 Å². The first kappa shape index (κ1) is 23.2. The molecule has 7 heteroatoms. The predicted octanol–water partition coefficient (Wildman–Crippen LogP) is 4.37. The van der Waals surface area contributed by atoms with E-state index in [0.29, 0.717) is 28.6 Å². The zero-order valence-electron chi connectivity index (χ0n) is 19.1. The molecule has 3 rings (SSSR count). The zero-order chi connectivity index (χ0) is 23.3. The Kier molecular flexibility index (Phi) is 7.08. The van der Waals surface area contributed by atoms with Crippen molar-refractivity contribution in [2.24, 2.45) is 0 Å². The monoisotopic (exact) mass is 434 g/mol. The van der Waals surface area contributed by atoms with Gasteiger partial charge in [-0.25, -0.2) is 4.68 Å². The van der Waals surface area contributed by atoms with Crippen LogP contribution < -0.4 is 16.2 Å². The van der Waals surface area contributed by atoms with Gasteiger partial charge in [0.25, 0.3) is 17.4 Å². The molecule has 0 atom stereocenters. The van der Waals surface area contributed by atoms with E-state index in [-0.39, 0.29) is 22.7 Å². The third-order valence-corrected chi connectivity index (χ3v) is 4.95. The van der Waals surface area contributed by atoms with E-state index in [4.69, 9.17) is 0 Å². The quantitative estimate of drug-likeness (QED) is 0.540. The molecule has 0 saturated carbocycles. The van der Waals surface area contributed by atoms with Gasteiger partial charge in [0.15, 0.2) is 5.69 Å². The lowest BCUT2D eigenvalue weighted by Crippen LogP contribution is -2.40. The van der Waals surface area contributed by atoms with Crippen LogP contribution in [0.5, 0.6) is 0 Å². The number of benzene rings is 2. The van der Waals surface area contributed by atoms with Gasteiger partial charge in [-0.1, -0.05) is 38.0 Å². The highest BCUT2D eigenvalue weighted by atomic mass is 16.2. The number of aryl methyl sites for hydroxylation is 1. The minimum Gasteiger partial charge on any atom is -0.347 e.